The van der Waals surface area contributed by atoms with Gasteiger partial charge in [-0.05, 0) is 0 Å². The molecule has 26 heavy (non-hydrogen) atoms. The van der Waals surface area contributed by atoms with Crippen molar-refractivity contribution in [2.75, 3.05) is 0 Å². The van der Waals surface area contributed by atoms with Crippen LogP contribution in [-0.4, -0.2) is 13.0 Å². The number of rotatable bonds is 10. The van der Waals surface area contributed by atoms with Gasteiger partial charge < -0.3 is 98.7 Å². The van der Waals surface area contributed by atoms with Gasteiger partial charge in [-0.1, -0.05) is 84.1 Å². The van der Waals surface area contributed by atoms with Crippen LogP contribution in [0.1, 0.15) is 77.6 Å². The second kappa shape index (κ2) is 36.9. The molecule has 0 bridgehead atoms. The molecule has 6 N–H and O–H groups in total. The van der Waals surface area contributed by atoms with Gasteiger partial charge in [0, 0.05) is 0 Å². The molecule has 0 fully saturated rings. The number of unbranched alkanes of at least 4 members (excludes halogenated alkanes) is 10. The first-order chi connectivity index (χ1) is 11.6. The summed E-state index contributed by atoms with van der Waals surface area (Å²) >= 11 is 24.8. The molecule has 0 aromatic carbocycles. The number of thiocarbonyl (C=S) groups is 3. The zero-order valence-electron chi connectivity index (χ0n) is 15.6. The monoisotopic (exact) mass is 557 g/mol. The molecule has 0 aliphatic heterocycles. The van der Waals surface area contributed by atoms with Crippen molar-refractivity contribution in [3.05, 3.63) is 6.92 Å². The fourth-order valence-electron chi connectivity index (χ4n) is 1.66. The second-order valence-corrected chi connectivity index (χ2v) is 8.41. The minimum atomic E-state index is 0. The van der Waals surface area contributed by atoms with E-state index in [2.05, 4.69) is 106 Å². The van der Waals surface area contributed by atoms with Gasteiger partial charge in [-0.2, -0.15) is 6.42 Å². The summed E-state index contributed by atoms with van der Waals surface area (Å²) in [6.07, 6.45) is 15.4. The van der Waals surface area contributed by atoms with E-state index < -0.39 is 0 Å². The van der Waals surface area contributed by atoms with Gasteiger partial charge in [-0.25, -0.2) is 0 Å². The van der Waals surface area contributed by atoms with E-state index in [-0.39, 0.29) is 34.0 Å². The van der Waals surface area contributed by atoms with Crippen LogP contribution in [0.25, 0.3) is 0 Å². The smallest absolute Gasteiger partial charge is 0.415 e. The van der Waals surface area contributed by atoms with Crippen LogP contribution in [0.2, 0.25) is 0 Å². The summed E-state index contributed by atoms with van der Waals surface area (Å²) in [7, 11) is 0. The first-order valence-corrected chi connectivity index (χ1v) is 10.7. The van der Waals surface area contributed by atoms with Crippen molar-refractivity contribution in [3.63, 3.8) is 0 Å². The maximum Gasteiger partial charge on any atom is 4.00 e. The van der Waals surface area contributed by atoms with Crippen molar-refractivity contribution in [1.82, 2.24) is 0 Å². The molecule has 0 radical (unpaired) electrons. The van der Waals surface area contributed by atoms with E-state index in [0.717, 1.165) is 6.42 Å². The Bertz CT molecular complexity index is 257. The maximum absolute atomic E-state index is 4.66. The van der Waals surface area contributed by atoms with Crippen LogP contribution in [0.15, 0.2) is 0 Å². The molecular weight excluding hydrogens is 523 g/mol. The number of hydrogen-bond donors (Lipinski definition) is 3. The summed E-state index contributed by atoms with van der Waals surface area (Å²) < 4.78 is 0.250. The van der Waals surface area contributed by atoms with Crippen LogP contribution in [0.3, 0.4) is 0 Å². The van der Waals surface area contributed by atoms with Gasteiger partial charge in [-0.15, -0.1) is 0 Å². The molecule has 0 saturated heterocycles. The Hall–Kier alpha value is 1.02. The zero-order chi connectivity index (χ0) is 20.5. The molecule has 3 nitrogen and oxygen atoms in total. The van der Waals surface area contributed by atoms with E-state index in [1.807, 2.05) is 0 Å². The average molecular weight is 556 g/mol. The van der Waals surface area contributed by atoms with Crippen molar-refractivity contribution in [2.45, 2.75) is 77.6 Å². The van der Waals surface area contributed by atoms with E-state index in [9.17, 15) is 0 Å². The summed E-state index contributed by atoms with van der Waals surface area (Å²) in [6.45, 7) is 6.13. The van der Waals surface area contributed by atoms with Gasteiger partial charge in [0.1, 0.15) is 0 Å². The maximum atomic E-state index is 4.66. The molecule has 0 aromatic rings. The Morgan fingerprint density at radius 3 is 1.04 bits per heavy atom. The van der Waals surface area contributed by atoms with Gasteiger partial charge in [0.25, 0.3) is 0 Å². The predicted molar refractivity (Wildman–Crippen MR) is 134 cm³/mol. The first kappa shape index (κ1) is 37.7. The summed E-state index contributed by atoms with van der Waals surface area (Å²) in [5.41, 5.74) is 14.0. The molecule has 0 spiro atoms. The Morgan fingerprint density at radius 1 is 0.654 bits per heavy atom. The van der Waals surface area contributed by atoms with E-state index in [4.69, 9.17) is 0 Å². The minimum absolute atomic E-state index is 0. The van der Waals surface area contributed by atoms with Crippen LogP contribution in [-0.2, 0) is 59.0 Å². The quantitative estimate of drug-likeness (QED) is 0.119. The SMILES string of the molecule is NC(=S)[S-].NC(=S)[S-].NC(=S)[S-].[CH2-]CCCCCCCCCCCC.[Mo+4]. The topological polar surface area (TPSA) is 78.1 Å². The molecule has 0 aliphatic rings. The van der Waals surface area contributed by atoms with Crippen molar-refractivity contribution in [2.24, 2.45) is 17.2 Å². The molecule has 0 saturated carbocycles. The average Bonchev–Trinajstić information content (AvgIpc) is 2.44. The van der Waals surface area contributed by atoms with Crippen molar-refractivity contribution in [3.8, 4) is 0 Å². The van der Waals surface area contributed by atoms with Gasteiger partial charge in [0.05, 0.1) is 0 Å². The summed E-state index contributed by atoms with van der Waals surface area (Å²) in [5, 5.41) is 0. The third-order valence-electron chi connectivity index (χ3n) is 2.60. The molecule has 154 valence electrons. The van der Waals surface area contributed by atoms with E-state index in [1.165, 1.54) is 64.2 Å². The summed E-state index contributed by atoms with van der Waals surface area (Å²) in [6, 6.07) is 0. The molecule has 0 rings (SSSR count). The number of hydrogen-bond acceptors (Lipinski definition) is 6. The van der Waals surface area contributed by atoms with Crippen LogP contribution < -0.4 is 17.2 Å². The first-order valence-electron chi connectivity index (χ1n) is 8.30. The standard InChI is InChI=1S/C13H27.3CH3NS2.Mo/c1-3-5-7-9-11-13-12-10-8-6-4-2;3*2-1(3)4;/h1,3-13H2,2H3;3*(H3,2,3,4);/q-1;;;;+4/p-3. The van der Waals surface area contributed by atoms with E-state index in [1.54, 1.807) is 0 Å². The third kappa shape index (κ3) is 119. The van der Waals surface area contributed by atoms with Crippen LogP contribution >= 0.6 is 36.7 Å². The van der Waals surface area contributed by atoms with Gasteiger partial charge in [-0.3, -0.25) is 0 Å². The molecular formula is C16H33MoN3S6. The van der Waals surface area contributed by atoms with Gasteiger partial charge >= 0.3 is 21.1 Å². The molecule has 0 aliphatic carbocycles. The van der Waals surface area contributed by atoms with Crippen LogP contribution in [0, 0.1) is 6.92 Å². The molecule has 0 heterocycles. The van der Waals surface area contributed by atoms with Crippen molar-refractivity contribution >= 4 is 87.5 Å². The molecule has 0 unspecified atom stereocenters. The Balaban J connectivity index is -0.0000000933. The van der Waals surface area contributed by atoms with Crippen molar-refractivity contribution in [1.29, 1.82) is 0 Å². The normalized spacial score (nSPS) is 8.08. The fourth-order valence-corrected chi connectivity index (χ4v) is 1.66. The fraction of sp³-hybridized carbons (Fsp3) is 0.750. The third-order valence-corrected chi connectivity index (χ3v) is 2.60. The van der Waals surface area contributed by atoms with E-state index in [0.29, 0.717) is 0 Å². The second-order valence-electron chi connectivity index (χ2n) is 4.99. The van der Waals surface area contributed by atoms with Crippen LogP contribution in [0.5, 0.6) is 0 Å². The van der Waals surface area contributed by atoms with Crippen molar-refractivity contribution < 1.29 is 21.1 Å². The van der Waals surface area contributed by atoms with Gasteiger partial charge in [0.15, 0.2) is 0 Å². The Morgan fingerprint density at radius 2 is 0.846 bits per heavy atom. The number of nitrogens with two attached hydrogens (primary N) is 3. The minimum Gasteiger partial charge on any atom is -0.415 e. The molecule has 0 amide bonds. The molecule has 0 atom stereocenters. The summed E-state index contributed by atoms with van der Waals surface area (Å²) in [5.74, 6) is 0. The molecule has 10 heteroatoms. The largest absolute Gasteiger partial charge is 4.00 e. The Kier molecular flexibility index (Phi) is 53.5. The Labute approximate surface area is 208 Å². The van der Waals surface area contributed by atoms with E-state index >= 15 is 0 Å². The molecule has 0 aromatic heterocycles. The predicted octanol–water partition coefficient (Wildman–Crippen LogP) is 4.46. The van der Waals surface area contributed by atoms with Gasteiger partial charge in [0.2, 0.25) is 0 Å². The summed E-state index contributed by atoms with van der Waals surface area (Å²) in [4.78, 5) is 0. The zero-order valence-corrected chi connectivity index (χ0v) is 22.5. The van der Waals surface area contributed by atoms with Crippen LogP contribution in [0.4, 0.5) is 0 Å².